The summed E-state index contributed by atoms with van der Waals surface area (Å²) in [4.78, 5) is 4.28. The van der Waals surface area contributed by atoms with Crippen molar-refractivity contribution in [1.29, 1.82) is 0 Å². The van der Waals surface area contributed by atoms with Crippen molar-refractivity contribution in [3.63, 3.8) is 0 Å². The van der Waals surface area contributed by atoms with Crippen molar-refractivity contribution in [2.75, 3.05) is 18.9 Å². The minimum atomic E-state index is 0.666. The lowest BCUT2D eigenvalue weighted by Gasteiger charge is -2.02. The highest BCUT2D eigenvalue weighted by Crippen LogP contribution is 2.16. The number of benzene rings is 1. The average Bonchev–Trinajstić information content (AvgIpc) is 2.87. The predicted octanol–water partition coefficient (Wildman–Crippen LogP) is 2.34. The first kappa shape index (κ1) is 13.5. The van der Waals surface area contributed by atoms with Crippen LogP contribution < -0.4 is 5.73 Å². The Bertz CT molecular complexity index is 510. The summed E-state index contributed by atoms with van der Waals surface area (Å²) < 4.78 is 7.30. The fraction of sp³-hybridized carbons (Fsp3) is 0.429. The molecule has 1 aromatic heterocycles. The molecule has 2 aromatic rings. The summed E-state index contributed by atoms with van der Waals surface area (Å²) in [5.41, 5.74) is 7.40. The molecular formula is C14H20N4O. The van der Waals surface area contributed by atoms with E-state index in [1.54, 1.807) is 11.0 Å². The van der Waals surface area contributed by atoms with Gasteiger partial charge in [-0.2, -0.15) is 5.10 Å². The van der Waals surface area contributed by atoms with Crippen LogP contribution >= 0.6 is 0 Å². The number of unbranched alkanes of at least 4 members (excludes halogenated alkanes) is 1. The maximum absolute atomic E-state index is 5.75. The van der Waals surface area contributed by atoms with E-state index in [0.29, 0.717) is 12.4 Å². The second kappa shape index (κ2) is 6.89. The lowest BCUT2D eigenvalue weighted by atomic mass is 10.2. The Morgan fingerprint density at radius 2 is 2.21 bits per heavy atom. The first-order valence-electron chi connectivity index (χ1n) is 6.62. The van der Waals surface area contributed by atoms with Gasteiger partial charge >= 0.3 is 0 Å². The van der Waals surface area contributed by atoms with Gasteiger partial charge in [0.05, 0.1) is 13.2 Å². The third kappa shape index (κ3) is 4.06. The van der Waals surface area contributed by atoms with Crippen LogP contribution in [0.3, 0.4) is 0 Å². The number of anilines is 1. The summed E-state index contributed by atoms with van der Waals surface area (Å²) in [6.07, 6.45) is 3.98. The van der Waals surface area contributed by atoms with E-state index in [2.05, 4.69) is 17.0 Å². The maximum Gasteiger partial charge on any atom is 0.181 e. The smallest absolute Gasteiger partial charge is 0.181 e. The zero-order chi connectivity index (χ0) is 13.5. The van der Waals surface area contributed by atoms with Gasteiger partial charge in [-0.05, 0) is 18.6 Å². The van der Waals surface area contributed by atoms with E-state index in [1.165, 1.54) is 0 Å². The molecule has 0 saturated carbocycles. The van der Waals surface area contributed by atoms with E-state index in [9.17, 15) is 0 Å². The molecule has 0 aliphatic heterocycles. The summed E-state index contributed by atoms with van der Waals surface area (Å²) in [6, 6.07) is 7.58. The Balaban J connectivity index is 1.88. The van der Waals surface area contributed by atoms with Crippen LogP contribution in [0.5, 0.6) is 0 Å². The SMILES string of the molecule is CCCCOCCn1cnc(-c2cccc(N)c2)n1. The van der Waals surface area contributed by atoms with Crippen LogP contribution in [0.2, 0.25) is 0 Å². The minimum Gasteiger partial charge on any atom is -0.399 e. The summed E-state index contributed by atoms with van der Waals surface area (Å²) in [5, 5.41) is 4.41. The largest absolute Gasteiger partial charge is 0.399 e. The second-order valence-corrected chi connectivity index (χ2v) is 4.42. The molecule has 0 fully saturated rings. The van der Waals surface area contributed by atoms with E-state index in [1.807, 2.05) is 24.3 Å². The summed E-state index contributed by atoms with van der Waals surface area (Å²) in [6.45, 7) is 4.35. The fourth-order valence-corrected chi connectivity index (χ4v) is 1.72. The Hall–Kier alpha value is -1.88. The predicted molar refractivity (Wildman–Crippen MR) is 75.6 cm³/mol. The number of nitrogens with two attached hydrogens (primary N) is 1. The minimum absolute atomic E-state index is 0.666. The molecule has 19 heavy (non-hydrogen) atoms. The third-order valence-electron chi connectivity index (χ3n) is 2.79. The lowest BCUT2D eigenvalue weighted by Crippen LogP contribution is -2.07. The Morgan fingerprint density at radius 3 is 3.00 bits per heavy atom. The number of rotatable bonds is 7. The summed E-state index contributed by atoms with van der Waals surface area (Å²) >= 11 is 0. The molecule has 0 saturated heterocycles. The van der Waals surface area contributed by atoms with Crippen LogP contribution in [0.15, 0.2) is 30.6 Å². The van der Waals surface area contributed by atoms with Gasteiger partial charge in [0.1, 0.15) is 6.33 Å². The molecule has 0 spiro atoms. The van der Waals surface area contributed by atoms with E-state index in [-0.39, 0.29) is 0 Å². The number of ether oxygens (including phenoxy) is 1. The number of hydrogen-bond donors (Lipinski definition) is 1. The molecule has 0 aliphatic carbocycles. The van der Waals surface area contributed by atoms with E-state index >= 15 is 0 Å². The van der Waals surface area contributed by atoms with Crippen LogP contribution in [0, 0.1) is 0 Å². The topological polar surface area (TPSA) is 66.0 Å². The normalized spacial score (nSPS) is 10.8. The van der Waals surface area contributed by atoms with Gasteiger partial charge in [-0.15, -0.1) is 0 Å². The molecule has 5 nitrogen and oxygen atoms in total. The first-order chi connectivity index (χ1) is 9.29. The van der Waals surface area contributed by atoms with Crippen LogP contribution in [0.4, 0.5) is 5.69 Å². The number of nitrogens with zero attached hydrogens (tertiary/aromatic N) is 3. The van der Waals surface area contributed by atoms with Crippen molar-refractivity contribution >= 4 is 5.69 Å². The number of hydrogen-bond acceptors (Lipinski definition) is 4. The van der Waals surface area contributed by atoms with Gasteiger partial charge in [0.25, 0.3) is 0 Å². The van der Waals surface area contributed by atoms with Crippen LogP contribution in [-0.2, 0) is 11.3 Å². The van der Waals surface area contributed by atoms with Crippen molar-refractivity contribution < 1.29 is 4.74 Å². The zero-order valence-electron chi connectivity index (χ0n) is 11.2. The van der Waals surface area contributed by atoms with Gasteiger partial charge in [0.15, 0.2) is 5.82 Å². The summed E-state index contributed by atoms with van der Waals surface area (Å²) in [7, 11) is 0. The Morgan fingerprint density at radius 1 is 1.32 bits per heavy atom. The Labute approximate surface area is 113 Å². The molecule has 0 amide bonds. The van der Waals surface area contributed by atoms with Crippen molar-refractivity contribution in [2.45, 2.75) is 26.3 Å². The van der Waals surface area contributed by atoms with Gasteiger partial charge in [0, 0.05) is 17.9 Å². The fourth-order valence-electron chi connectivity index (χ4n) is 1.72. The standard InChI is InChI=1S/C14H20N4O/c1-2-3-8-19-9-7-18-11-16-14(17-18)12-5-4-6-13(15)10-12/h4-6,10-11H,2-3,7-9,15H2,1H3. The highest BCUT2D eigenvalue weighted by molar-refractivity contribution is 5.60. The molecule has 1 aromatic carbocycles. The molecule has 1 heterocycles. The van der Waals surface area contributed by atoms with Crippen molar-refractivity contribution in [2.24, 2.45) is 0 Å². The molecule has 0 unspecified atom stereocenters. The molecule has 0 atom stereocenters. The molecule has 2 N–H and O–H groups in total. The van der Waals surface area contributed by atoms with Gasteiger partial charge in [0.2, 0.25) is 0 Å². The monoisotopic (exact) mass is 260 g/mol. The molecule has 0 bridgehead atoms. The first-order valence-corrected chi connectivity index (χ1v) is 6.62. The lowest BCUT2D eigenvalue weighted by molar-refractivity contribution is 0.121. The zero-order valence-corrected chi connectivity index (χ0v) is 11.2. The van der Waals surface area contributed by atoms with E-state index in [4.69, 9.17) is 10.5 Å². The van der Waals surface area contributed by atoms with Crippen LogP contribution in [-0.4, -0.2) is 28.0 Å². The molecule has 0 radical (unpaired) electrons. The highest BCUT2D eigenvalue weighted by Gasteiger charge is 2.04. The number of nitrogen functional groups attached to an aromatic ring is 1. The van der Waals surface area contributed by atoms with E-state index < -0.39 is 0 Å². The quantitative estimate of drug-likeness (QED) is 0.613. The van der Waals surface area contributed by atoms with Crippen molar-refractivity contribution in [3.05, 3.63) is 30.6 Å². The molecule has 5 heteroatoms. The molecule has 0 aliphatic rings. The van der Waals surface area contributed by atoms with Crippen molar-refractivity contribution in [3.8, 4) is 11.4 Å². The van der Waals surface area contributed by atoms with Gasteiger partial charge < -0.3 is 10.5 Å². The van der Waals surface area contributed by atoms with Crippen LogP contribution in [0.1, 0.15) is 19.8 Å². The average molecular weight is 260 g/mol. The molecule has 2 rings (SSSR count). The van der Waals surface area contributed by atoms with Crippen LogP contribution in [0.25, 0.3) is 11.4 Å². The number of aromatic nitrogens is 3. The maximum atomic E-state index is 5.75. The second-order valence-electron chi connectivity index (χ2n) is 4.42. The Kier molecular flexibility index (Phi) is 4.92. The third-order valence-corrected chi connectivity index (χ3v) is 2.79. The van der Waals surface area contributed by atoms with Gasteiger partial charge in [-0.25, -0.2) is 4.98 Å². The van der Waals surface area contributed by atoms with Gasteiger partial charge in [-0.3, -0.25) is 4.68 Å². The van der Waals surface area contributed by atoms with Crippen molar-refractivity contribution in [1.82, 2.24) is 14.8 Å². The van der Waals surface area contributed by atoms with E-state index in [0.717, 1.165) is 37.2 Å². The molecular weight excluding hydrogens is 240 g/mol. The highest BCUT2D eigenvalue weighted by atomic mass is 16.5. The van der Waals surface area contributed by atoms with Gasteiger partial charge in [-0.1, -0.05) is 25.5 Å². The molecule has 102 valence electrons. The summed E-state index contributed by atoms with van der Waals surface area (Å²) in [5.74, 6) is 0.695.